The third-order valence-corrected chi connectivity index (χ3v) is 4.03. The Morgan fingerprint density at radius 2 is 1.94 bits per heavy atom. The van der Waals surface area contributed by atoms with E-state index in [9.17, 15) is 0 Å². The minimum atomic E-state index is -0.107. The van der Waals surface area contributed by atoms with Crippen molar-refractivity contribution in [3.63, 3.8) is 0 Å². The van der Waals surface area contributed by atoms with Crippen molar-refractivity contribution in [3.8, 4) is 5.75 Å². The third kappa shape index (κ3) is 2.91. The zero-order valence-electron chi connectivity index (χ0n) is 10.3. The largest absolute Gasteiger partial charge is 0.495 e. The molecule has 1 heterocycles. The Morgan fingerprint density at radius 3 is 2.56 bits per heavy atom. The number of rotatable bonds is 3. The van der Waals surface area contributed by atoms with E-state index in [0.29, 0.717) is 21.7 Å². The molecule has 1 aliphatic rings. The maximum Gasteiger partial charge on any atom is 0.138 e. The molecule has 0 saturated carbocycles. The van der Waals surface area contributed by atoms with Crippen molar-refractivity contribution in [2.75, 3.05) is 20.3 Å². The number of hydrogen-bond acceptors (Lipinski definition) is 3. The molecule has 0 aliphatic carbocycles. The van der Waals surface area contributed by atoms with Gasteiger partial charge in [-0.05, 0) is 30.4 Å². The molecule has 1 fully saturated rings. The van der Waals surface area contributed by atoms with Crippen LogP contribution in [0.15, 0.2) is 12.1 Å². The van der Waals surface area contributed by atoms with Crippen LogP contribution in [0.3, 0.4) is 0 Å². The van der Waals surface area contributed by atoms with Crippen LogP contribution >= 0.6 is 23.2 Å². The van der Waals surface area contributed by atoms with Gasteiger partial charge < -0.3 is 15.2 Å². The Morgan fingerprint density at radius 1 is 1.28 bits per heavy atom. The maximum absolute atomic E-state index is 6.29. The second kappa shape index (κ2) is 6.11. The average molecular weight is 290 g/mol. The van der Waals surface area contributed by atoms with Crippen molar-refractivity contribution < 1.29 is 9.47 Å². The van der Waals surface area contributed by atoms with Gasteiger partial charge in [0, 0.05) is 30.3 Å². The second-order valence-corrected chi connectivity index (χ2v) is 5.30. The molecule has 1 aliphatic heterocycles. The van der Waals surface area contributed by atoms with Gasteiger partial charge in [-0.1, -0.05) is 23.2 Å². The van der Waals surface area contributed by atoms with E-state index >= 15 is 0 Å². The minimum absolute atomic E-state index is 0.107. The van der Waals surface area contributed by atoms with Crippen molar-refractivity contribution in [1.82, 2.24) is 0 Å². The summed E-state index contributed by atoms with van der Waals surface area (Å²) < 4.78 is 10.5. The molecule has 2 N–H and O–H groups in total. The molecule has 1 saturated heterocycles. The van der Waals surface area contributed by atoms with Crippen molar-refractivity contribution in [3.05, 3.63) is 27.7 Å². The summed E-state index contributed by atoms with van der Waals surface area (Å²) in [5.74, 6) is 0.963. The molecular weight excluding hydrogens is 273 g/mol. The molecule has 100 valence electrons. The van der Waals surface area contributed by atoms with Crippen LogP contribution in [0, 0.1) is 5.92 Å². The Balaban J connectivity index is 2.23. The number of halogens is 2. The van der Waals surface area contributed by atoms with Crippen molar-refractivity contribution in [1.29, 1.82) is 0 Å². The van der Waals surface area contributed by atoms with E-state index < -0.39 is 0 Å². The second-order valence-electron chi connectivity index (χ2n) is 4.48. The van der Waals surface area contributed by atoms with E-state index in [1.165, 1.54) is 0 Å². The molecule has 1 aromatic rings. The summed E-state index contributed by atoms with van der Waals surface area (Å²) in [5.41, 5.74) is 7.18. The van der Waals surface area contributed by atoms with E-state index in [1.54, 1.807) is 13.2 Å². The van der Waals surface area contributed by atoms with Gasteiger partial charge in [-0.3, -0.25) is 0 Å². The molecule has 0 amide bonds. The van der Waals surface area contributed by atoms with Crippen LogP contribution < -0.4 is 10.5 Å². The fourth-order valence-corrected chi connectivity index (χ4v) is 2.81. The molecular formula is C13H17Cl2NO2. The van der Waals surface area contributed by atoms with E-state index in [2.05, 4.69) is 0 Å². The SMILES string of the molecule is COc1cc(Cl)c(C(N)C2CCOCC2)cc1Cl. The number of methoxy groups -OCH3 is 1. The van der Waals surface area contributed by atoms with Crippen LogP contribution in [0.1, 0.15) is 24.4 Å². The highest BCUT2D eigenvalue weighted by atomic mass is 35.5. The zero-order valence-corrected chi connectivity index (χ0v) is 11.8. The van der Waals surface area contributed by atoms with E-state index in [0.717, 1.165) is 31.6 Å². The van der Waals surface area contributed by atoms with Crippen molar-refractivity contribution in [2.45, 2.75) is 18.9 Å². The highest BCUT2D eigenvalue weighted by Crippen LogP contribution is 2.37. The lowest BCUT2D eigenvalue weighted by Gasteiger charge is -2.28. The summed E-state index contributed by atoms with van der Waals surface area (Å²) in [7, 11) is 1.57. The molecule has 2 rings (SSSR count). The van der Waals surface area contributed by atoms with Crippen LogP contribution in [-0.2, 0) is 4.74 Å². The lowest BCUT2D eigenvalue weighted by molar-refractivity contribution is 0.0584. The van der Waals surface area contributed by atoms with Gasteiger partial charge >= 0.3 is 0 Å². The molecule has 18 heavy (non-hydrogen) atoms. The first-order chi connectivity index (χ1) is 8.63. The van der Waals surface area contributed by atoms with Crippen LogP contribution in [0.4, 0.5) is 0 Å². The molecule has 0 aromatic heterocycles. The summed E-state index contributed by atoms with van der Waals surface area (Å²) in [5, 5.41) is 1.15. The van der Waals surface area contributed by atoms with Crippen LogP contribution in [0.2, 0.25) is 10.0 Å². The molecule has 5 heteroatoms. The quantitative estimate of drug-likeness (QED) is 0.927. The zero-order chi connectivity index (χ0) is 13.1. The fourth-order valence-electron chi connectivity index (χ4n) is 2.28. The van der Waals surface area contributed by atoms with Gasteiger partial charge in [0.2, 0.25) is 0 Å². The smallest absolute Gasteiger partial charge is 0.138 e. The lowest BCUT2D eigenvalue weighted by atomic mass is 9.88. The minimum Gasteiger partial charge on any atom is -0.495 e. The van der Waals surface area contributed by atoms with E-state index in [1.807, 2.05) is 6.07 Å². The maximum atomic E-state index is 6.29. The van der Waals surface area contributed by atoms with E-state index in [-0.39, 0.29) is 6.04 Å². The predicted molar refractivity (Wildman–Crippen MR) is 73.5 cm³/mol. The molecule has 0 spiro atoms. The molecule has 0 bridgehead atoms. The Hall–Kier alpha value is -0.480. The number of benzene rings is 1. The van der Waals surface area contributed by atoms with Gasteiger partial charge in [-0.15, -0.1) is 0 Å². The van der Waals surface area contributed by atoms with Gasteiger partial charge in [0.25, 0.3) is 0 Å². The Bertz CT molecular complexity index is 420. The number of hydrogen-bond donors (Lipinski definition) is 1. The van der Waals surface area contributed by atoms with Gasteiger partial charge in [0.15, 0.2) is 0 Å². The third-order valence-electron chi connectivity index (χ3n) is 3.40. The summed E-state index contributed by atoms with van der Waals surface area (Å²) in [6, 6.07) is 3.42. The molecule has 1 unspecified atom stereocenters. The van der Waals surface area contributed by atoms with Crippen molar-refractivity contribution >= 4 is 23.2 Å². The van der Waals surface area contributed by atoms with Crippen LogP contribution in [0.25, 0.3) is 0 Å². The first-order valence-corrected chi connectivity index (χ1v) is 6.75. The number of nitrogens with two attached hydrogens (primary N) is 1. The molecule has 1 atom stereocenters. The first kappa shape index (κ1) is 13.9. The normalized spacial score (nSPS) is 18.7. The standard InChI is InChI=1S/C13H17Cl2NO2/c1-17-12-7-10(14)9(6-11(12)15)13(16)8-2-4-18-5-3-8/h6-8,13H,2-5,16H2,1H3. The molecule has 1 aromatic carbocycles. The van der Waals surface area contributed by atoms with Gasteiger partial charge in [0.1, 0.15) is 5.75 Å². The highest BCUT2D eigenvalue weighted by molar-refractivity contribution is 6.34. The highest BCUT2D eigenvalue weighted by Gasteiger charge is 2.24. The Kier molecular flexibility index (Phi) is 4.73. The topological polar surface area (TPSA) is 44.5 Å². The van der Waals surface area contributed by atoms with Gasteiger partial charge in [-0.2, -0.15) is 0 Å². The first-order valence-electron chi connectivity index (χ1n) is 5.99. The monoisotopic (exact) mass is 289 g/mol. The van der Waals surface area contributed by atoms with E-state index in [4.69, 9.17) is 38.4 Å². The van der Waals surface area contributed by atoms with Gasteiger partial charge in [-0.25, -0.2) is 0 Å². The number of ether oxygens (including phenoxy) is 2. The lowest BCUT2D eigenvalue weighted by Crippen LogP contribution is -2.27. The summed E-state index contributed by atoms with van der Waals surface area (Å²) in [6.07, 6.45) is 1.92. The molecule has 0 radical (unpaired) electrons. The Labute approximate surface area is 117 Å². The fraction of sp³-hybridized carbons (Fsp3) is 0.538. The summed E-state index contributed by atoms with van der Waals surface area (Å²) in [6.45, 7) is 1.53. The molecule has 3 nitrogen and oxygen atoms in total. The predicted octanol–water partition coefficient (Wildman–Crippen LogP) is 3.43. The van der Waals surface area contributed by atoms with Gasteiger partial charge in [0.05, 0.1) is 12.1 Å². The summed E-state index contributed by atoms with van der Waals surface area (Å²) in [4.78, 5) is 0. The van der Waals surface area contributed by atoms with Crippen molar-refractivity contribution in [2.24, 2.45) is 11.7 Å². The van der Waals surface area contributed by atoms with Crippen LogP contribution in [-0.4, -0.2) is 20.3 Å². The summed E-state index contributed by atoms with van der Waals surface area (Å²) >= 11 is 12.4. The average Bonchev–Trinajstić information content (AvgIpc) is 2.41. The van der Waals surface area contributed by atoms with Crippen LogP contribution in [0.5, 0.6) is 5.75 Å².